The van der Waals surface area contributed by atoms with E-state index in [-0.39, 0.29) is 5.91 Å². The van der Waals surface area contributed by atoms with Crippen LogP contribution in [0.1, 0.15) is 27.5 Å². The minimum absolute atomic E-state index is 0.207. The summed E-state index contributed by atoms with van der Waals surface area (Å²) in [6.45, 7) is 4.48. The number of hydrogen-bond donors (Lipinski definition) is 2. The molecule has 1 amide bonds. The van der Waals surface area contributed by atoms with Gasteiger partial charge in [0.25, 0.3) is 5.91 Å². The SMILES string of the molecule is Cc1n[nH]c(C)c1CCNC(=O)c1cc2c(Br)cccc2o1. The van der Waals surface area contributed by atoms with Gasteiger partial charge in [-0.05, 0) is 44.0 Å². The van der Waals surface area contributed by atoms with Crippen LogP contribution in [0.25, 0.3) is 11.0 Å². The second-order valence-electron chi connectivity index (χ2n) is 5.18. The predicted molar refractivity (Wildman–Crippen MR) is 88.0 cm³/mol. The number of carbonyl (C=O) groups is 1. The van der Waals surface area contributed by atoms with E-state index in [1.165, 1.54) is 0 Å². The van der Waals surface area contributed by atoms with Crippen molar-refractivity contribution in [1.82, 2.24) is 15.5 Å². The molecule has 2 N–H and O–H groups in total. The highest BCUT2D eigenvalue weighted by Crippen LogP contribution is 2.26. The van der Waals surface area contributed by atoms with Crippen molar-refractivity contribution < 1.29 is 9.21 Å². The number of aromatic amines is 1. The summed E-state index contributed by atoms with van der Waals surface area (Å²) in [5.74, 6) is 0.115. The third-order valence-electron chi connectivity index (χ3n) is 3.67. The first-order valence-corrected chi connectivity index (χ1v) is 7.82. The summed E-state index contributed by atoms with van der Waals surface area (Å²) in [4.78, 5) is 12.2. The quantitative estimate of drug-likeness (QED) is 0.746. The van der Waals surface area contributed by atoms with Crippen LogP contribution in [0.15, 0.2) is 33.2 Å². The monoisotopic (exact) mass is 361 g/mol. The highest BCUT2D eigenvalue weighted by Gasteiger charge is 2.14. The van der Waals surface area contributed by atoms with Crippen LogP contribution in [0, 0.1) is 13.8 Å². The van der Waals surface area contributed by atoms with Gasteiger partial charge in [-0.1, -0.05) is 22.0 Å². The number of fused-ring (bicyclic) bond motifs is 1. The zero-order valence-electron chi connectivity index (χ0n) is 12.4. The molecular weight excluding hydrogens is 346 g/mol. The van der Waals surface area contributed by atoms with Crippen molar-refractivity contribution in [3.63, 3.8) is 0 Å². The molecule has 0 unspecified atom stereocenters. The summed E-state index contributed by atoms with van der Waals surface area (Å²) in [6, 6.07) is 7.39. The van der Waals surface area contributed by atoms with E-state index in [9.17, 15) is 4.79 Å². The number of hydrogen-bond acceptors (Lipinski definition) is 3. The van der Waals surface area contributed by atoms with Crippen LogP contribution < -0.4 is 5.32 Å². The molecule has 0 saturated carbocycles. The molecule has 3 aromatic rings. The van der Waals surface area contributed by atoms with Crippen molar-refractivity contribution in [2.24, 2.45) is 0 Å². The maximum absolute atomic E-state index is 12.2. The Hall–Kier alpha value is -2.08. The third-order valence-corrected chi connectivity index (χ3v) is 4.36. The van der Waals surface area contributed by atoms with Gasteiger partial charge < -0.3 is 9.73 Å². The smallest absolute Gasteiger partial charge is 0.287 e. The Labute approximate surface area is 136 Å². The van der Waals surface area contributed by atoms with Gasteiger partial charge in [-0.2, -0.15) is 5.10 Å². The van der Waals surface area contributed by atoms with Gasteiger partial charge >= 0.3 is 0 Å². The maximum atomic E-state index is 12.2. The lowest BCUT2D eigenvalue weighted by atomic mass is 10.1. The highest BCUT2D eigenvalue weighted by molar-refractivity contribution is 9.10. The molecule has 0 radical (unpaired) electrons. The molecule has 0 aliphatic carbocycles. The van der Waals surface area contributed by atoms with E-state index < -0.39 is 0 Å². The van der Waals surface area contributed by atoms with Crippen molar-refractivity contribution in [1.29, 1.82) is 0 Å². The lowest BCUT2D eigenvalue weighted by molar-refractivity contribution is 0.0928. The number of nitrogens with zero attached hydrogens (tertiary/aromatic N) is 1. The van der Waals surface area contributed by atoms with Gasteiger partial charge in [-0.3, -0.25) is 9.89 Å². The van der Waals surface area contributed by atoms with E-state index in [1.54, 1.807) is 6.07 Å². The van der Waals surface area contributed by atoms with Crippen molar-refractivity contribution in [2.75, 3.05) is 6.54 Å². The van der Waals surface area contributed by atoms with Gasteiger partial charge in [0.1, 0.15) is 5.58 Å². The Balaban J connectivity index is 1.67. The van der Waals surface area contributed by atoms with Gasteiger partial charge in [-0.15, -0.1) is 0 Å². The molecule has 5 nitrogen and oxygen atoms in total. The summed E-state index contributed by atoms with van der Waals surface area (Å²) in [6.07, 6.45) is 0.740. The summed E-state index contributed by atoms with van der Waals surface area (Å²) >= 11 is 3.45. The molecule has 0 fully saturated rings. The number of H-pyrrole nitrogens is 1. The zero-order valence-corrected chi connectivity index (χ0v) is 14.0. The van der Waals surface area contributed by atoms with E-state index in [0.717, 1.165) is 33.2 Å². The Morgan fingerprint density at radius 1 is 1.41 bits per heavy atom. The van der Waals surface area contributed by atoms with Gasteiger partial charge in [0.05, 0.1) is 5.69 Å². The second-order valence-corrected chi connectivity index (χ2v) is 6.04. The van der Waals surface area contributed by atoms with E-state index in [2.05, 4.69) is 31.4 Å². The van der Waals surface area contributed by atoms with Crippen LogP contribution in [-0.4, -0.2) is 22.6 Å². The molecule has 0 aliphatic heterocycles. The first kappa shape index (κ1) is 14.8. The Bertz CT molecular complexity index is 816. The molecule has 0 bridgehead atoms. The Morgan fingerprint density at radius 2 is 2.23 bits per heavy atom. The fourth-order valence-electron chi connectivity index (χ4n) is 2.47. The zero-order chi connectivity index (χ0) is 15.7. The molecule has 0 atom stereocenters. The fraction of sp³-hybridized carbons (Fsp3) is 0.250. The third kappa shape index (κ3) is 2.78. The number of furan rings is 1. The summed E-state index contributed by atoms with van der Waals surface area (Å²) in [7, 11) is 0. The molecule has 3 rings (SSSR count). The van der Waals surface area contributed by atoms with Gasteiger partial charge in [0.2, 0.25) is 0 Å². The molecule has 0 spiro atoms. The maximum Gasteiger partial charge on any atom is 0.287 e. The number of carbonyl (C=O) groups excluding carboxylic acids is 1. The largest absolute Gasteiger partial charge is 0.451 e. The molecule has 0 aliphatic rings. The normalized spacial score (nSPS) is 11.0. The number of benzene rings is 1. The summed E-state index contributed by atoms with van der Waals surface area (Å²) in [5, 5.41) is 10.9. The first-order chi connectivity index (χ1) is 10.6. The molecule has 6 heteroatoms. The van der Waals surface area contributed by atoms with Gasteiger partial charge in [0.15, 0.2) is 5.76 Å². The van der Waals surface area contributed by atoms with E-state index in [1.807, 2.05) is 32.0 Å². The van der Waals surface area contributed by atoms with Gasteiger partial charge in [-0.25, -0.2) is 0 Å². The molecule has 114 valence electrons. The highest BCUT2D eigenvalue weighted by atomic mass is 79.9. The summed E-state index contributed by atoms with van der Waals surface area (Å²) < 4.78 is 6.50. The van der Waals surface area contributed by atoms with E-state index in [0.29, 0.717) is 17.9 Å². The number of nitrogens with one attached hydrogen (secondary N) is 2. The number of aryl methyl sites for hydroxylation is 2. The number of halogens is 1. The van der Waals surface area contributed by atoms with Crippen LogP contribution in [0.4, 0.5) is 0 Å². The number of aromatic nitrogens is 2. The van der Waals surface area contributed by atoms with Crippen LogP contribution in [0.3, 0.4) is 0 Å². The van der Waals surface area contributed by atoms with Crippen molar-refractivity contribution in [2.45, 2.75) is 20.3 Å². The molecule has 2 aromatic heterocycles. The lowest BCUT2D eigenvalue weighted by Gasteiger charge is -2.03. The van der Waals surface area contributed by atoms with Crippen molar-refractivity contribution in [3.05, 3.63) is 51.4 Å². The molecule has 0 saturated heterocycles. The van der Waals surface area contributed by atoms with Crippen LogP contribution in [-0.2, 0) is 6.42 Å². The standard InChI is InChI=1S/C16H16BrN3O2/c1-9-11(10(2)20-19-9)6-7-18-16(21)15-8-12-13(17)4-3-5-14(12)22-15/h3-5,8H,6-7H2,1-2H3,(H,18,21)(H,19,20). The predicted octanol–water partition coefficient (Wildman–Crippen LogP) is 3.51. The first-order valence-electron chi connectivity index (χ1n) is 7.03. The average Bonchev–Trinajstić information content (AvgIpc) is 3.06. The number of rotatable bonds is 4. The van der Waals surface area contributed by atoms with Gasteiger partial charge in [0, 0.05) is 22.1 Å². The van der Waals surface area contributed by atoms with Crippen LogP contribution >= 0.6 is 15.9 Å². The number of amides is 1. The molecule has 2 heterocycles. The van der Waals surface area contributed by atoms with E-state index in [4.69, 9.17) is 4.42 Å². The van der Waals surface area contributed by atoms with Crippen LogP contribution in [0.5, 0.6) is 0 Å². The average molecular weight is 362 g/mol. The minimum atomic E-state index is -0.207. The van der Waals surface area contributed by atoms with E-state index >= 15 is 0 Å². The van der Waals surface area contributed by atoms with Crippen molar-refractivity contribution >= 4 is 32.8 Å². The van der Waals surface area contributed by atoms with Crippen LogP contribution in [0.2, 0.25) is 0 Å². The topological polar surface area (TPSA) is 70.9 Å². The lowest BCUT2D eigenvalue weighted by Crippen LogP contribution is -2.25. The second kappa shape index (κ2) is 5.96. The fourth-order valence-corrected chi connectivity index (χ4v) is 2.93. The Morgan fingerprint density at radius 3 is 2.91 bits per heavy atom. The molecular formula is C16H16BrN3O2. The Kier molecular flexibility index (Phi) is 4.02. The molecule has 22 heavy (non-hydrogen) atoms. The summed E-state index contributed by atoms with van der Waals surface area (Å²) in [5.41, 5.74) is 3.85. The van der Waals surface area contributed by atoms with Crippen molar-refractivity contribution in [3.8, 4) is 0 Å². The minimum Gasteiger partial charge on any atom is -0.451 e. The molecule has 1 aromatic carbocycles.